The number of halogens is 1. The van der Waals surface area contributed by atoms with Crippen LogP contribution in [0.25, 0.3) is 11.4 Å². The number of H-pyrrole nitrogens is 1. The lowest BCUT2D eigenvalue weighted by Crippen LogP contribution is -2.25. The molecule has 2 atom stereocenters. The van der Waals surface area contributed by atoms with Gasteiger partial charge in [0.25, 0.3) is 0 Å². The highest BCUT2D eigenvalue weighted by Crippen LogP contribution is 2.47. The lowest BCUT2D eigenvalue weighted by molar-refractivity contribution is -0.122. The highest BCUT2D eigenvalue weighted by atomic mass is 79.9. The van der Waals surface area contributed by atoms with Crippen LogP contribution in [-0.4, -0.2) is 28.2 Å². The normalized spacial score (nSPS) is 18.1. The average Bonchev–Trinajstić information content (AvgIpc) is 3.36. The van der Waals surface area contributed by atoms with E-state index in [-0.39, 0.29) is 11.8 Å². The van der Waals surface area contributed by atoms with Crippen LogP contribution in [-0.2, 0) is 11.3 Å². The summed E-state index contributed by atoms with van der Waals surface area (Å²) in [6, 6.07) is 15.7. The molecule has 1 amide bonds. The maximum atomic E-state index is 12.4. The van der Waals surface area contributed by atoms with Gasteiger partial charge in [0.1, 0.15) is 11.6 Å². The van der Waals surface area contributed by atoms with Gasteiger partial charge in [-0.3, -0.25) is 9.89 Å². The Bertz CT molecular complexity index is 937. The Morgan fingerprint density at radius 1 is 1.22 bits per heavy atom. The van der Waals surface area contributed by atoms with Crippen LogP contribution in [0.2, 0.25) is 0 Å². The number of rotatable bonds is 6. The number of methoxy groups -OCH3 is 1. The number of nitrogens with one attached hydrogen (secondary N) is 2. The smallest absolute Gasteiger partial charge is 0.224 e. The molecule has 7 heteroatoms. The molecule has 0 bridgehead atoms. The van der Waals surface area contributed by atoms with Crippen LogP contribution >= 0.6 is 15.9 Å². The largest absolute Gasteiger partial charge is 0.497 e. The molecule has 1 aliphatic carbocycles. The van der Waals surface area contributed by atoms with Gasteiger partial charge in [0, 0.05) is 16.0 Å². The molecule has 0 radical (unpaired) electrons. The van der Waals surface area contributed by atoms with Gasteiger partial charge in [-0.15, -0.1) is 0 Å². The molecule has 4 rings (SSSR count). The number of hydrogen-bond donors (Lipinski definition) is 2. The SMILES string of the molecule is COc1ccc(-c2n[nH]c(CNC(=O)C3CC3c3ccc(Br)cc3)n2)cc1. The Morgan fingerprint density at radius 2 is 1.96 bits per heavy atom. The van der Waals surface area contributed by atoms with Gasteiger partial charge >= 0.3 is 0 Å². The number of aromatic amines is 1. The molecule has 138 valence electrons. The summed E-state index contributed by atoms with van der Waals surface area (Å²) in [4.78, 5) is 16.8. The molecular weight excluding hydrogens is 408 g/mol. The molecule has 3 aromatic rings. The predicted octanol–water partition coefficient (Wildman–Crippen LogP) is 3.66. The maximum absolute atomic E-state index is 12.4. The minimum absolute atomic E-state index is 0.0372. The summed E-state index contributed by atoms with van der Waals surface area (Å²) in [7, 11) is 1.63. The standard InChI is InChI=1S/C20H19BrN4O2/c1-27-15-8-4-13(5-9-15)19-23-18(24-25-19)11-22-20(26)17-10-16(17)12-2-6-14(21)7-3-12/h2-9,16-17H,10-11H2,1H3,(H,22,26)(H,23,24,25). The molecule has 0 aliphatic heterocycles. The summed E-state index contributed by atoms with van der Waals surface area (Å²) in [6.45, 7) is 0.339. The van der Waals surface area contributed by atoms with Crippen molar-refractivity contribution in [1.82, 2.24) is 20.5 Å². The average molecular weight is 427 g/mol. The van der Waals surface area contributed by atoms with E-state index in [2.05, 4.69) is 48.6 Å². The van der Waals surface area contributed by atoms with Crippen LogP contribution in [0.15, 0.2) is 53.0 Å². The van der Waals surface area contributed by atoms with Crippen molar-refractivity contribution in [2.24, 2.45) is 5.92 Å². The van der Waals surface area contributed by atoms with E-state index < -0.39 is 0 Å². The van der Waals surface area contributed by atoms with E-state index in [0.717, 1.165) is 22.2 Å². The third kappa shape index (κ3) is 4.03. The number of carbonyl (C=O) groups is 1. The summed E-state index contributed by atoms with van der Waals surface area (Å²) >= 11 is 3.43. The molecule has 1 saturated carbocycles. The van der Waals surface area contributed by atoms with Gasteiger partial charge in [0.15, 0.2) is 5.82 Å². The number of carbonyl (C=O) groups excluding carboxylic acids is 1. The minimum atomic E-state index is 0.0372. The molecule has 2 aromatic carbocycles. The quantitative estimate of drug-likeness (QED) is 0.629. The fourth-order valence-electron chi connectivity index (χ4n) is 3.11. The molecule has 1 aliphatic rings. The van der Waals surface area contributed by atoms with Crippen molar-refractivity contribution in [2.75, 3.05) is 7.11 Å². The molecule has 1 aromatic heterocycles. The molecule has 0 saturated heterocycles. The summed E-state index contributed by atoms with van der Waals surface area (Å²) in [5.41, 5.74) is 2.10. The van der Waals surface area contributed by atoms with Crippen molar-refractivity contribution in [3.05, 3.63) is 64.4 Å². The molecular formula is C20H19BrN4O2. The lowest BCUT2D eigenvalue weighted by atomic mass is 10.1. The third-order valence-electron chi connectivity index (χ3n) is 4.74. The Kier molecular flexibility index (Phi) is 4.94. The zero-order valence-corrected chi connectivity index (χ0v) is 16.4. The van der Waals surface area contributed by atoms with E-state index >= 15 is 0 Å². The van der Waals surface area contributed by atoms with Crippen molar-refractivity contribution < 1.29 is 9.53 Å². The van der Waals surface area contributed by atoms with E-state index in [4.69, 9.17) is 4.74 Å². The van der Waals surface area contributed by atoms with Gasteiger partial charge in [-0.25, -0.2) is 4.98 Å². The summed E-state index contributed by atoms with van der Waals surface area (Å²) < 4.78 is 6.20. The molecule has 2 N–H and O–H groups in total. The second kappa shape index (κ2) is 7.52. The molecule has 27 heavy (non-hydrogen) atoms. The van der Waals surface area contributed by atoms with E-state index in [1.807, 2.05) is 36.4 Å². The first-order chi connectivity index (χ1) is 13.1. The number of benzene rings is 2. The molecule has 6 nitrogen and oxygen atoms in total. The Balaban J connectivity index is 1.32. The van der Waals surface area contributed by atoms with Crippen LogP contribution < -0.4 is 10.1 Å². The zero-order valence-electron chi connectivity index (χ0n) is 14.8. The first kappa shape index (κ1) is 17.7. The zero-order chi connectivity index (χ0) is 18.8. The van der Waals surface area contributed by atoms with Crippen molar-refractivity contribution in [3.8, 4) is 17.1 Å². The second-order valence-electron chi connectivity index (χ2n) is 6.55. The predicted molar refractivity (Wildman–Crippen MR) is 105 cm³/mol. The minimum Gasteiger partial charge on any atom is -0.497 e. The van der Waals surface area contributed by atoms with E-state index in [0.29, 0.717) is 24.1 Å². The van der Waals surface area contributed by atoms with Crippen LogP contribution in [0.4, 0.5) is 0 Å². The lowest BCUT2D eigenvalue weighted by Gasteiger charge is -2.03. The fourth-order valence-corrected chi connectivity index (χ4v) is 3.37. The van der Waals surface area contributed by atoms with Gasteiger partial charge < -0.3 is 10.1 Å². The van der Waals surface area contributed by atoms with Crippen LogP contribution in [0, 0.1) is 5.92 Å². The van der Waals surface area contributed by atoms with Gasteiger partial charge in [0.2, 0.25) is 5.91 Å². The van der Waals surface area contributed by atoms with Crippen molar-refractivity contribution >= 4 is 21.8 Å². The van der Waals surface area contributed by atoms with Crippen LogP contribution in [0.3, 0.4) is 0 Å². The maximum Gasteiger partial charge on any atom is 0.224 e. The molecule has 0 spiro atoms. The number of aromatic nitrogens is 3. The molecule has 2 unspecified atom stereocenters. The molecule has 1 fully saturated rings. The second-order valence-corrected chi connectivity index (χ2v) is 7.47. The number of amides is 1. The highest BCUT2D eigenvalue weighted by molar-refractivity contribution is 9.10. The van der Waals surface area contributed by atoms with Gasteiger partial charge in [-0.2, -0.15) is 5.10 Å². The molecule has 1 heterocycles. The Hall–Kier alpha value is -2.67. The number of nitrogens with zero attached hydrogens (tertiary/aromatic N) is 2. The van der Waals surface area contributed by atoms with Crippen LogP contribution in [0.1, 0.15) is 23.7 Å². The number of hydrogen-bond acceptors (Lipinski definition) is 4. The first-order valence-electron chi connectivity index (χ1n) is 8.73. The van der Waals surface area contributed by atoms with Crippen molar-refractivity contribution in [1.29, 1.82) is 0 Å². The Morgan fingerprint density at radius 3 is 2.67 bits per heavy atom. The monoisotopic (exact) mass is 426 g/mol. The van der Waals surface area contributed by atoms with Gasteiger partial charge in [-0.05, 0) is 54.3 Å². The van der Waals surface area contributed by atoms with E-state index in [1.165, 1.54) is 5.56 Å². The first-order valence-corrected chi connectivity index (χ1v) is 9.52. The van der Waals surface area contributed by atoms with Crippen molar-refractivity contribution in [2.45, 2.75) is 18.9 Å². The highest BCUT2D eigenvalue weighted by Gasteiger charge is 2.43. The van der Waals surface area contributed by atoms with E-state index in [1.54, 1.807) is 7.11 Å². The topological polar surface area (TPSA) is 79.9 Å². The summed E-state index contributed by atoms with van der Waals surface area (Å²) in [5, 5.41) is 10.1. The van der Waals surface area contributed by atoms with Crippen molar-refractivity contribution in [3.63, 3.8) is 0 Å². The van der Waals surface area contributed by atoms with E-state index in [9.17, 15) is 4.79 Å². The summed E-state index contributed by atoms with van der Waals surface area (Å²) in [6.07, 6.45) is 0.890. The van der Waals surface area contributed by atoms with Gasteiger partial charge in [0.05, 0.1) is 13.7 Å². The Labute approximate surface area is 165 Å². The summed E-state index contributed by atoms with van der Waals surface area (Å²) in [5.74, 6) is 2.42. The number of ether oxygens (including phenoxy) is 1. The fraction of sp³-hybridized carbons (Fsp3) is 0.250. The van der Waals surface area contributed by atoms with Gasteiger partial charge in [-0.1, -0.05) is 28.1 Å². The van der Waals surface area contributed by atoms with Crippen LogP contribution in [0.5, 0.6) is 5.75 Å². The third-order valence-corrected chi connectivity index (χ3v) is 5.26.